The fourth-order valence-electron chi connectivity index (χ4n) is 4.75. The molecule has 0 radical (unpaired) electrons. The number of imidazole rings is 1. The molecule has 0 bridgehead atoms. The van der Waals surface area contributed by atoms with E-state index in [1.54, 1.807) is 6.33 Å². The molecule has 0 unspecified atom stereocenters. The Hall–Kier alpha value is -1.69. The largest absolute Gasteiger partial charge is 0.446 e. The molecule has 4 rings (SSSR count). The molecule has 1 saturated heterocycles. The van der Waals surface area contributed by atoms with Crippen LogP contribution in [0.3, 0.4) is 0 Å². The zero-order valence-electron chi connectivity index (χ0n) is 28.4. The lowest BCUT2D eigenvalue weighted by molar-refractivity contribution is -0.0489. The van der Waals surface area contributed by atoms with E-state index in [0.717, 1.165) is 22.2 Å². The number of aryl methyl sites for hydroxylation is 2. The SMILES string of the molecule is CSSC(=O)O[C@@H]1[C@H](O[Si](C)(C)C(C)(C)C)[C@@H](CO[Si](C)(C)C(C)(C)C)O[C@H]1n1cnc2c(-n3c(C)ccc3C)ncnc21. The van der Waals surface area contributed by atoms with Crippen LogP contribution in [-0.2, 0) is 18.3 Å². The third-order valence-corrected chi connectivity index (χ3v) is 19.7. The zero-order valence-corrected chi connectivity index (χ0v) is 32.1. The second-order valence-electron chi connectivity index (χ2n) is 14.5. The van der Waals surface area contributed by atoms with Gasteiger partial charge < -0.3 is 22.9 Å². The summed E-state index contributed by atoms with van der Waals surface area (Å²) in [6.45, 7) is 26.5. The number of hydrogen-bond donors (Lipinski definition) is 0. The van der Waals surface area contributed by atoms with E-state index in [4.69, 9.17) is 23.3 Å². The molecule has 1 aliphatic rings. The van der Waals surface area contributed by atoms with Crippen LogP contribution in [0.5, 0.6) is 0 Å². The first kappa shape index (κ1) is 35.2. The Bertz CT molecular complexity index is 1460. The van der Waals surface area contributed by atoms with Crippen molar-refractivity contribution in [3.05, 3.63) is 36.2 Å². The van der Waals surface area contributed by atoms with E-state index in [-0.39, 0.29) is 10.1 Å². The maximum atomic E-state index is 13.1. The predicted molar refractivity (Wildman–Crippen MR) is 185 cm³/mol. The lowest BCUT2D eigenvalue weighted by Crippen LogP contribution is -2.51. The Morgan fingerprint density at radius 2 is 1.57 bits per heavy atom. The molecule has 44 heavy (non-hydrogen) atoms. The van der Waals surface area contributed by atoms with E-state index in [9.17, 15) is 4.79 Å². The van der Waals surface area contributed by atoms with Crippen molar-refractivity contribution in [2.75, 3.05) is 12.9 Å². The summed E-state index contributed by atoms with van der Waals surface area (Å²) in [5.74, 6) is 0.685. The standard InChI is InChI=1S/C30H49N5O5S2Si2/c1-19-14-15-20(2)35(19)26-22-25(31-17-32-26)34(18-33-22)27-24(39-28(36)42-41-9)23(40-44(12,13)30(6,7)8)21(38-27)16-37-43(10,11)29(3,4)5/h14-15,17-18,21,23-24,27H,16H2,1-13H3/t21-,23-,24-,27-/m1/s1. The number of rotatable bonds is 9. The van der Waals surface area contributed by atoms with Crippen molar-refractivity contribution in [1.82, 2.24) is 24.1 Å². The van der Waals surface area contributed by atoms with E-state index in [1.807, 2.05) is 24.7 Å². The Morgan fingerprint density at radius 1 is 0.955 bits per heavy atom. The van der Waals surface area contributed by atoms with Crippen molar-refractivity contribution in [3.8, 4) is 5.82 Å². The minimum atomic E-state index is -2.34. The van der Waals surface area contributed by atoms with Crippen molar-refractivity contribution in [1.29, 1.82) is 0 Å². The molecule has 0 aromatic carbocycles. The summed E-state index contributed by atoms with van der Waals surface area (Å²) in [7, 11) is -2.08. The quantitative estimate of drug-likeness (QED) is 0.125. The third-order valence-electron chi connectivity index (χ3n) is 9.42. The van der Waals surface area contributed by atoms with Crippen LogP contribution in [0, 0.1) is 13.8 Å². The first-order valence-corrected chi connectivity index (χ1v) is 23.4. The van der Waals surface area contributed by atoms with Gasteiger partial charge in [0.1, 0.15) is 18.5 Å². The number of fused-ring (bicyclic) bond motifs is 1. The topological polar surface area (TPSA) is 103 Å². The molecular weight excluding hydrogens is 631 g/mol. The molecule has 4 atom stereocenters. The first-order chi connectivity index (χ1) is 20.3. The number of hydrogen-bond acceptors (Lipinski definition) is 10. The molecule has 244 valence electrons. The number of carbonyl (C=O) groups is 1. The molecule has 3 aromatic rings. The van der Waals surface area contributed by atoms with Gasteiger partial charge in [0.2, 0.25) is 0 Å². The van der Waals surface area contributed by atoms with Crippen molar-refractivity contribution < 1.29 is 23.1 Å². The molecule has 0 aliphatic carbocycles. The second-order valence-corrected chi connectivity index (χ2v) is 26.4. The Balaban J connectivity index is 1.82. The lowest BCUT2D eigenvalue weighted by atomic mass is 10.1. The smallest absolute Gasteiger partial charge is 0.378 e. The Kier molecular flexibility index (Phi) is 10.3. The van der Waals surface area contributed by atoms with Gasteiger partial charge in [-0.3, -0.25) is 4.57 Å². The highest BCUT2D eigenvalue weighted by Crippen LogP contribution is 2.44. The average Bonchev–Trinajstić information content (AvgIpc) is 3.57. The number of aromatic nitrogens is 5. The summed E-state index contributed by atoms with van der Waals surface area (Å²) in [6.07, 6.45) is 2.57. The minimum absolute atomic E-state index is 0.0181. The summed E-state index contributed by atoms with van der Waals surface area (Å²) in [4.78, 5) is 27.1. The molecule has 1 fully saturated rings. The van der Waals surface area contributed by atoms with Crippen LogP contribution in [0.15, 0.2) is 24.8 Å². The molecule has 0 N–H and O–H groups in total. The number of carbonyl (C=O) groups excluding carboxylic acids is 1. The van der Waals surface area contributed by atoms with E-state index < -0.39 is 46.5 Å². The minimum Gasteiger partial charge on any atom is -0.446 e. The maximum Gasteiger partial charge on any atom is 0.378 e. The van der Waals surface area contributed by atoms with Crippen LogP contribution in [0.2, 0.25) is 36.3 Å². The van der Waals surface area contributed by atoms with Crippen molar-refractivity contribution in [2.24, 2.45) is 0 Å². The van der Waals surface area contributed by atoms with Crippen LogP contribution in [-0.4, -0.2) is 77.2 Å². The van der Waals surface area contributed by atoms with Gasteiger partial charge in [0.25, 0.3) is 0 Å². The molecule has 0 amide bonds. The van der Waals surface area contributed by atoms with Gasteiger partial charge >= 0.3 is 5.30 Å². The highest BCUT2D eigenvalue weighted by atomic mass is 33.1. The fourth-order valence-corrected chi connectivity index (χ4v) is 7.90. The van der Waals surface area contributed by atoms with Crippen molar-refractivity contribution in [2.45, 2.75) is 116 Å². The summed E-state index contributed by atoms with van der Waals surface area (Å²) < 4.78 is 30.7. The predicted octanol–water partition coefficient (Wildman–Crippen LogP) is 8.06. The highest BCUT2D eigenvalue weighted by molar-refractivity contribution is 8.81. The van der Waals surface area contributed by atoms with Gasteiger partial charge in [0, 0.05) is 22.2 Å². The van der Waals surface area contributed by atoms with Crippen molar-refractivity contribution >= 4 is 54.7 Å². The van der Waals surface area contributed by atoms with Crippen LogP contribution >= 0.6 is 21.6 Å². The van der Waals surface area contributed by atoms with E-state index in [2.05, 4.69) is 94.4 Å². The zero-order chi connectivity index (χ0) is 32.8. The molecule has 3 aromatic heterocycles. The molecule has 4 heterocycles. The molecule has 0 spiro atoms. The van der Waals surface area contributed by atoms with Crippen LogP contribution in [0.1, 0.15) is 59.2 Å². The van der Waals surface area contributed by atoms with Crippen LogP contribution in [0.4, 0.5) is 4.79 Å². The summed E-state index contributed by atoms with van der Waals surface area (Å²) in [6, 6.07) is 4.10. The summed E-state index contributed by atoms with van der Waals surface area (Å²) in [5, 5.41) is -0.455. The van der Waals surface area contributed by atoms with E-state index in [1.165, 1.54) is 17.1 Å². The molecule has 1 aliphatic heterocycles. The lowest BCUT2D eigenvalue weighted by Gasteiger charge is -2.41. The monoisotopic (exact) mass is 679 g/mol. The third kappa shape index (κ3) is 7.00. The molecule has 14 heteroatoms. The summed E-state index contributed by atoms with van der Waals surface area (Å²) in [5.41, 5.74) is 3.30. The molecule has 10 nitrogen and oxygen atoms in total. The molecular formula is C30H49N5O5S2Si2. The van der Waals surface area contributed by atoms with E-state index in [0.29, 0.717) is 23.6 Å². The van der Waals surface area contributed by atoms with Gasteiger partial charge in [0.05, 0.1) is 12.9 Å². The van der Waals surface area contributed by atoms with Gasteiger partial charge in [-0.15, -0.1) is 0 Å². The van der Waals surface area contributed by atoms with Gasteiger partial charge in [-0.05, 0) is 68.5 Å². The first-order valence-electron chi connectivity index (χ1n) is 15.0. The summed E-state index contributed by atoms with van der Waals surface area (Å²) >= 11 is 0. The van der Waals surface area contributed by atoms with Crippen LogP contribution < -0.4 is 0 Å². The van der Waals surface area contributed by atoms with Gasteiger partial charge in [-0.25, -0.2) is 19.7 Å². The van der Waals surface area contributed by atoms with Gasteiger partial charge in [-0.1, -0.05) is 52.3 Å². The fraction of sp³-hybridized carbons (Fsp3) is 0.667. The van der Waals surface area contributed by atoms with Gasteiger partial charge in [0.15, 0.2) is 45.9 Å². The number of nitrogens with zero attached hydrogens (tertiary/aromatic N) is 5. The van der Waals surface area contributed by atoms with Gasteiger partial charge in [-0.2, -0.15) is 0 Å². The average molecular weight is 680 g/mol. The Morgan fingerprint density at radius 3 is 2.14 bits per heavy atom. The molecule has 0 saturated carbocycles. The van der Waals surface area contributed by atoms with Crippen LogP contribution in [0.25, 0.3) is 17.0 Å². The van der Waals surface area contributed by atoms with Crippen molar-refractivity contribution in [3.63, 3.8) is 0 Å². The highest BCUT2D eigenvalue weighted by Gasteiger charge is 2.54. The number of ether oxygens (including phenoxy) is 2. The normalized spacial score (nSPS) is 21.8. The van der Waals surface area contributed by atoms with E-state index >= 15 is 0 Å². The second kappa shape index (κ2) is 12.8. The maximum absolute atomic E-state index is 13.1. The Labute approximate surface area is 272 Å².